The van der Waals surface area contributed by atoms with Crippen LogP contribution in [0.25, 0.3) is 22.5 Å². The average molecular weight is 812 g/mol. The van der Waals surface area contributed by atoms with Crippen LogP contribution >= 0.6 is 11.3 Å². The number of hydrogen-bond donors (Lipinski definition) is 3. The highest BCUT2D eigenvalue weighted by molar-refractivity contribution is 7.89. The van der Waals surface area contributed by atoms with Crippen LogP contribution in [-0.4, -0.2) is 71.3 Å². The molecular formula is C43H49N5O7S2. The van der Waals surface area contributed by atoms with Crippen molar-refractivity contribution in [1.82, 2.24) is 24.9 Å². The maximum Gasteiger partial charge on any atom is 0.325 e. The number of aliphatic carboxylic acids is 1. The predicted molar refractivity (Wildman–Crippen MR) is 222 cm³/mol. The third-order valence-electron chi connectivity index (χ3n) is 9.33. The number of unbranched alkanes of at least 4 members (excludes halogenated alkanes) is 1. The molecular weight excluding hydrogens is 763 g/mol. The Morgan fingerprint density at radius 3 is 2.02 bits per heavy atom. The number of hydrogen-bond acceptors (Lipinski definition) is 9. The molecule has 0 bridgehead atoms. The quantitative estimate of drug-likeness (QED) is 0.0888. The number of benzene rings is 3. The predicted octanol–water partition coefficient (Wildman–Crippen LogP) is 7.10. The fourth-order valence-electron chi connectivity index (χ4n) is 5.85. The van der Waals surface area contributed by atoms with E-state index < -0.39 is 39.9 Å². The average Bonchev–Trinajstić information content (AvgIpc) is 3.72. The van der Waals surface area contributed by atoms with Gasteiger partial charge in [0.15, 0.2) is 5.82 Å². The number of carboxylic acids is 1. The van der Waals surface area contributed by atoms with Crippen molar-refractivity contribution in [1.29, 1.82) is 0 Å². The molecule has 0 fully saturated rings. The van der Waals surface area contributed by atoms with Gasteiger partial charge in [-0.1, -0.05) is 82.6 Å². The molecule has 2 atom stereocenters. The second-order valence-corrected chi connectivity index (χ2v) is 17.8. The van der Waals surface area contributed by atoms with E-state index in [4.69, 9.17) is 4.74 Å². The summed E-state index contributed by atoms with van der Waals surface area (Å²) < 4.78 is 34.3. The zero-order chi connectivity index (χ0) is 41.3. The normalized spacial score (nSPS) is 12.8. The van der Waals surface area contributed by atoms with Crippen molar-refractivity contribution in [2.24, 2.45) is 0 Å². The minimum atomic E-state index is -3.77. The summed E-state index contributed by atoms with van der Waals surface area (Å²) in [5.74, 6) is -1.05. The number of carboxylic acid groups (broad SMARTS) is 1. The maximum atomic E-state index is 13.8. The fourth-order valence-corrected chi connectivity index (χ4v) is 8.28. The van der Waals surface area contributed by atoms with Gasteiger partial charge in [-0.3, -0.25) is 14.4 Å². The van der Waals surface area contributed by atoms with Crippen molar-refractivity contribution >= 4 is 39.1 Å². The molecule has 3 N–H and O–H groups in total. The van der Waals surface area contributed by atoms with Crippen LogP contribution in [-0.2, 0) is 38.0 Å². The summed E-state index contributed by atoms with van der Waals surface area (Å²) in [7, 11) is -2.18. The maximum absolute atomic E-state index is 13.8. The van der Waals surface area contributed by atoms with E-state index in [0.717, 1.165) is 34.4 Å². The van der Waals surface area contributed by atoms with E-state index in [1.54, 1.807) is 62.0 Å². The molecule has 5 rings (SSSR count). The number of aromatic nitrogens is 2. The van der Waals surface area contributed by atoms with Gasteiger partial charge in [-0.25, -0.2) is 18.4 Å². The van der Waals surface area contributed by atoms with E-state index in [9.17, 15) is 27.9 Å². The SMILES string of the molecule is CCCCN(Cc1ccc(OC)cc1)S(=O)(=O)c1ccc(-c2cnc(-c3ccc(CC(NC(=O)c4ccc(C(C)(C)C)s4)C(=O)NC(C)C(=O)O)cc3)nc2)cc1. The number of nitrogens with one attached hydrogen (secondary N) is 2. The summed E-state index contributed by atoms with van der Waals surface area (Å²) in [6.07, 6.45) is 5.05. The van der Waals surface area contributed by atoms with Crippen molar-refractivity contribution in [3.63, 3.8) is 0 Å². The van der Waals surface area contributed by atoms with Crippen LogP contribution in [0.3, 0.4) is 0 Å². The topological polar surface area (TPSA) is 168 Å². The zero-order valence-electron chi connectivity index (χ0n) is 33.0. The lowest BCUT2D eigenvalue weighted by Crippen LogP contribution is -2.51. The van der Waals surface area contributed by atoms with Crippen molar-refractivity contribution < 1.29 is 32.6 Å². The fraction of sp³-hybridized carbons (Fsp3) is 0.326. The van der Waals surface area contributed by atoms with Gasteiger partial charge < -0.3 is 20.5 Å². The van der Waals surface area contributed by atoms with Crippen LogP contribution < -0.4 is 15.4 Å². The molecule has 2 amide bonds. The van der Waals surface area contributed by atoms with Crippen molar-refractivity contribution in [2.45, 2.75) is 82.8 Å². The van der Waals surface area contributed by atoms with Gasteiger partial charge in [0.1, 0.15) is 17.8 Å². The molecule has 14 heteroatoms. The number of thiophene rings is 1. The zero-order valence-corrected chi connectivity index (χ0v) is 34.6. The van der Waals surface area contributed by atoms with Gasteiger partial charge in [0.2, 0.25) is 15.9 Å². The molecule has 0 aliphatic rings. The van der Waals surface area contributed by atoms with E-state index in [1.807, 2.05) is 49.4 Å². The first-order chi connectivity index (χ1) is 27.1. The molecule has 0 aliphatic heterocycles. The van der Waals surface area contributed by atoms with E-state index in [2.05, 4.69) is 41.4 Å². The molecule has 0 radical (unpaired) electrons. The van der Waals surface area contributed by atoms with Gasteiger partial charge in [0.05, 0.1) is 16.9 Å². The largest absolute Gasteiger partial charge is 0.497 e. The standard InChI is InChI=1S/C43H49N5O7S2/c1-7-8-23-48(27-30-11-17-34(55-6)18-12-30)57(53,54)35-19-15-31(16-20-35)33-25-44-39(45-26-33)32-13-9-29(10-14-32)24-36(40(49)46-28(2)42(51)52)47-41(50)37-21-22-38(56-37)43(3,4)5/h9-22,25-26,28,36H,7-8,23-24,27H2,1-6H3,(H,46,49)(H,47,50)(H,51,52). The van der Waals surface area contributed by atoms with Crippen LogP contribution in [0.15, 0.2) is 102 Å². The Morgan fingerprint density at radius 1 is 0.842 bits per heavy atom. The number of amides is 2. The first kappa shape index (κ1) is 42.7. The number of nitrogens with zero attached hydrogens (tertiary/aromatic N) is 3. The second-order valence-electron chi connectivity index (χ2n) is 14.8. The van der Waals surface area contributed by atoms with Crippen LogP contribution in [0, 0.1) is 0 Å². The summed E-state index contributed by atoms with van der Waals surface area (Å²) >= 11 is 1.35. The molecule has 12 nitrogen and oxygen atoms in total. The van der Waals surface area contributed by atoms with Crippen LogP contribution in [0.5, 0.6) is 5.75 Å². The lowest BCUT2D eigenvalue weighted by molar-refractivity contribution is -0.141. The van der Waals surface area contributed by atoms with E-state index >= 15 is 0 Å². The number of methoxy groups -OCH3 is 1. The highest BCUT2D eigenvalue weighted by atomic mass is 32.2. The molecule has 5 aromatic rings. The van der Waals surface area contributed by atoms with Gasteiger partial charge in [-0.05, 0) is 71.8 Å². The summed E-state index contributed by atoms with van der Waals surface area (Å²) in [4.78, 5) is 48.7. The van der Waals surface area contributed by atoms with E-state index in [-0.39, 0.29) is 23.3 Å². The Bertz CT molecular complexity index is 2250. The second kappa shape index (κ2) is 18.7. The molecule has 0 saturated carbocycles. The van der Waals surface area contributed by atoms with Gasteiger partial charge in [-0.2, -0.15) is 4.31 Å². The smallest absolute Gasteiger partial charge is 0.325 e. The monoisotopic (exact) mass is 811 g/mol. The molecule has 0 saturated heterocycles. The molecule has 3 aromatic carbocycles. The first-order valence-corrected chi connectivity index (χ1v) is 20.9. The van der Waals surface area contributed by atoms with Crippen LogP contribution in [0.4, 0.5) is 0 Å². The van der Waals surface area contributed by atoms with E-state index in [0.29, 0.717) is 34.1 Å². The minimum Gasteiger partial charge on any atom is -0.497 e. The first-order valence-electron chi connectivity index (χ1n) is 18.7. The van der Waals surface area contributed by atoms with E-state index in [1.165, 1.54) is 22.6 Å². The Hall–Kier alpha value is -5.44. The van der Waals surface area contributed by atoms with Crippen LogP contribution in [0.1, 0.15) is 73.1 Å². The number of carbonyl (C=O) groups is 3. The highest BCUT2D eigenvalue weighted by Gasteiger charge is 2.27. The van der Waals surface area contributed by atoms with Crippen molar-refractivity contribution in [3.05, 3.63) is 118 Å². The Morgan fingerprint density at radius 2 is 1.46 bits per heavy atom. The third-order valence-corrected chi connectivity index (χ3v) is 12.7. The lowest BCUT2D eigenvalue weighted by Gasteiger charge is -2.22. The molecule has 2 unspecified atom stereocenters. The van der Waals surface area contributed by atoms with Gasteiger partial charge in [0, 0.05) is 47.9 Å². The lowest BCUT2D eigenvalue weighted by atomic mass is 9.95. The molecule has 57 heavy (non-hydrogen) atoms. The summed E-state index contributed by atoms with van der Waals surface area (Å²) in [6, 6.07) is 22.8. The number of sulfonamides is 1. The molecule has 0 spiro atoms. The Balaban J connectivity index is 1.27. The molecule has 300 valence electrons. The van der Waals surface area contributed by atoms with Crippen molar-refractivity contribution in [3.8, 4) is 28.3 Å². The van der Waals surface area contributed by atoms with Crippen LogP contribution in [0.2, 0.25) is 0 Å². The Labute approximate surface area is 338 Å². The van der Waals surface area contributed by atoms with Gasteiger partial charge in [0.25, 0.3) is 5.91 Å². The molecule has 0 aliphatic carbocycles. The highest BCUT2D eigenvalue weighted by Crippen LogP contribution is 2.30. The summed E-state index contributed by atoms with van der Waals surface area (Å²) in [5.41, 5.74) is 3.63. The summed E-state index contributed by atoms with van der Waals surface area (Å²) in [6.45, 7) is 10.2. The Kier molecular flexibility index (Phi) is 14.0. The van der Waals surface area contributed by atoms with Crippen molar-refractivity contribution in [2.75, 3.05) is 13.7 Å². The number of carbonyl (C=O) groups excluding carboxylic acids is 2. The molecule has 2 aromatic heterocycles. The number of ether oxygens (including phenoxy) is 1. The van der Waals surface area contributed by atoms with Gasteiger partial charge in [-0.15, -0.1) is 11.3 Å². The third kappa shape index (κ3) is 11.1. The summed E-state index contributed by atoms with van der Waals surface area (Å²) in [5, 5.41) is 14.6. The minimum absolute atomic E-state index is 0.116. The molecule has 2 heterocycles. The van der Waals surface area contributed by atoms with Gasteiger partial charge >= 0.3 is 5.97 Å². The number of rotatable bonds is 17.